The normalized spacial score (nSPS) is 10.3. The highest BCUT2D eigenvalue weighted by atomic mass is 35.5. The predicted molar refractivity (Wildman–Crippen MR) is 74.7 cm³/mol. The highest BCUT2D eigenvalue weighted by Crippen LogP contribution is 2.27. The van der Waals surface area contributed by atoms with Crippen molar-refractivity contribution >= 4 is 17.3 Å². The van der Waals surface area contributed by atoms with Crippen LogP contribution >= 0.6 is 11.6 Å². The Kier molecular flexibility index (Phi) is 3.70. The van der Waals surface area contributed by atoms with Gasteiger partial charge in [-0.25, -0.2) is 0 Å². The van der Waals surface area contributed by atoms with E-state index in [4.69, 9.17) is 11.6 Å². The Labute approximate surface area is 107 Å². The van der Waals surface area contributed by atoms with E-state index >= 15 is 0 Å². The van der Waals surface area contributed by atoms with Gasteiger partial charge in [-0.05, 0) is 36.6 Å². The number of nitrogens with one attached hydrogen (secondary N) is 1. The fraction of sp³-hybridized carbons (Fsp3) is 0.200. The minimum Gasteiger partial charge on any atom is -0.380 e. The summed E-state index contributed by atoms with van der Waals surface area (Å²) in [5, 5.41) is 4.18. The molecule has 1 nitrogen and oxygen atoms in total. The third-order valence-electron chi connectivity index (χ3n) is 2.74. The molecular formula is C15H16ClN. The van der Waals surface area contributed by atoms with Gasteiger partial charge in [0.25, 0.3) is 0 Å². The largest absolute Gasteiger partial charge is 0.380 e. The molecule has 0 aliphatic carbocycles. The number of halogens is 1. The van der Waals surface area contributed by atoms with Crippen LogP contribution in [0.5, 0.6) is 0 Å². The molecule has 0 bridgehead atoms. The first kappa shape index (κ1) is 12.0. The van der Waals surface area contributed by atoms with Crippen LogP contribution in [-0.4, -0.2) is 0 Å². The van der Waals surface area contributed by atoms with Gasteiger partial charge in [-0.3, -0.25) is 0 Å². The summed E-state index contributed by atoms with van der Waals surface area (Å²) in [5.41, 5.74) is 4.66. The maximum Gasteiger partial charge on any atom is 0.0642 e. The summed E-state index contributed by atoms with van der Waals surface area (Å²) in [6.45, 7) is 4.93. The Balaban J connectivity index is 2.15. The Morgan fingerprint density at radius 1 is 1.06 bits per heavy atom. The van der Waals surface area contributed by atoms with E-state index < -0.39 is 0 Å². The van der Waals surface area contributed by atoms with Gasteiger partial charge in [0.2, 0.25) is 0 Å². The van der Waals surface area contributed by atoms with Gasteiger partial charge in [-0.2, -0.15) is 0 Å². The van der Waals surface area contributed by atoms with E-state index in [9.17, 15) is 0 Å². The molecule has 0 saturated heterocycles. The molecular weight excluding hydrogens is 230 g/mol. The Bertz CT molecular complexity index is 483. The second-order valence-electron chi connectivity index (χ2n) is 4.28. The quantitative estimate of drug-likeness (QED) is 0.835. The van der Waals surface area contributed by atoms with Crippen molar-refractivity contribution in [1.82, 2.24) is 0 Å². The standard InChI is InChI=1S/C15H16ClN/c1-11-8-12(2)15(14(16)9-11)17-10-13-6-4-3-5-7-13/h3-9,17H,10H2,1-2H3. The number of hydrogen-bond acceptors (Lipinski definition) is 1. The van der Waals surface area contributed by atoms with E-state index in [2.05, 4.69) is 37.4 Å². The molecule has 0 aliphatic rings. The molecule has 0 heterocycles. The predicted octanol–water partition coefficient (Wildman–Crippen LogP) is 4.57. The van der Waals surface area contributed by atoms with Crippen LogP contribution in [-0.2, 0) is 6.54 Å². The lowest BCUT2D eigenvalue weighted by Crippen LogP contribution is -2.01. The molecule has 0 fully saturated rings. The van der Waals surface area contributed by atoms with Crippen LogP contribution in [0.4, 0.5) is 5.69 Å². The zero-order chi connectivity index (χ0) is 12.3. The van der Waals surface area contributed by atoms with Gasteiger partial charge < -0.3 is 5.32 Å². The van der Waals surface area contributed by atoms with Crippen LogP contribution in [0.25, 0.3) is 0 Å². The van der Waals surface area contributed by atoms with E-state index in [1.54, 1.807) is 0 Å². The molecule has 1 N–H and O–H groups in total. The van der Waals surface area contributed by atoms with Gasteiger partial charge in [-0.15, -0.1) is 0 Å². The minimum atomic E-state index is 0.790. The maximum atomic E-state index is 6.24. The zero-order valence-corrected chi connectivity index (χ0v) is 10.9. The van der Waals surface area contributed by atoms with Gasteiger partial charge in [0.1, 0.15) is 0 Å². The molecule has 0 aliphatic heterocycles. The lowest BCUT2D eigenvalue weighted by atomic mass is 10.1. The second kappa shape index (κ2) is 5.24. The van der Waals surface area contributed by atoms with Crippen molar-refractivity contribution in [3.05, 3.63) is 64.2 Å². The van der Waals surface area contributed by atoms with Crippen molar-refractivity contribution in [3.63, 3.8) is 0 Å². The second-order valence-corrected chi connectivity index (χ2v) is 4.68. The van der Waals surface area contributed by atoms with Crippen LogP contribution < -0.4 is 5.32 Å². The lowest BCUT2D eigenvalue weighted by Gasteiger charge is -2.12. The Morgan fingerprint density at radius 3 is 2.41 bits per heavy atom. The molecule has 0 radical (unpaired) electrons. The summed E-state index contributed by atoms with van der Waals surface area (Å²) in [6.07, 6.45) is 0. The number of aryl methyl sites for hydroxylation is 2. The van der Waals surface area contributed by atoms with Crippen molar-refractivity contribution in [3.8, 4) is 0 Å². The van der Waals surface area contributed by atoms with E-state index in [1.807, 2.05) is 24.3 Å². The molecule has 0 amide bonds. The molecule has 2 heteroatoms. The Hall–Kier alpha value is -1.47. The van der Waals surface area contributed by atoms with Crippen LogP contribution in [0.15, 0.2) is 42.5 Å². The van der Waals surface area contributed by atoms with Gasteiger partial charge in [0.05, 0.1) is 10.7 Å². The Morgan fingerprint density at radius 2 is 1.76 bits per heavy atom. The van der Waals surface area contributed by atoms with Gasteiger partial charge in [-0.1, -0.05) is 48.0 Å². The minimum absolute atomic E-state index is 0.790. The molecule has 0 unspecified atom stereocenters. The van der Waals surface area contributed by atoms with Crippen LogP contribution in [0.3, 0.4) is 0 Å². The molecule has 0 spiro atoms. The van der Waals surface area contributed by atoms with E-state index in [1.165, 1.54) is 16.7 Å². The van der Waals surface area contributed by atoms with Gasteiger partial charge >= 0.3 is 0 Å². The number of anilines is 1. The summed E-state index contributed by atoms with van der Waals surface area (Å²) in [5.74, 6) is 0. The first-order valence-corrected chi connectivity index (χ1v) is 6.09. The fourth-order valence-corrected chi connectivity index (χ4v) is 2.31. The monoisotopic (exact) mass is 245 g/mol. The van der Waals surface area contributed by atoms with Crippen molar-refractivity contribution in [2.75, 3.05) is 5.32 Å². The summed E-state index contributed by atoms with van der Waals surface area (Å²) in [4.78, 5) is 0. The van der Waals surface area contributed by atoms with Crippen molar-refractivity contribution in [2.45, 2.75) is 20.4 Å². The zero-order valence-electron chi connectivity index (χ0n) is 10.1. The molecule has 17 heavy (non-hydrogen) atoms. The fourth-order valence-electron chi connectivity index (χ4n) is 1.93. The van der Waals surface area contributed by atoms with Gasteiger partial charge in [0.15, 0.2) is 0 Å². The first-order valence-electron chi connectivity index (χ1n) is 5.71. The van der Waals surface area contributed by atoms with E-state index in [0.717, 1.165) is 17.3 Å². The van der Waals surface area contributed by atoms with E-state index in [-0.39, 0.29) is 0 Å². The van der Waals surface area contributed by atoms with Crippen LogP contribution in [0.1, 0.15) is 16.7 Å². The molecule has 0 saturated carbocycles. The average molecular weight is 246 g/mol. The number of hydrogen-bond donors (Lipinski definition) is 1. The molecule has 2 aromatic carbocycles. The summed E-state index contributed by atoms with van der Waals surface area (Å²) < 4.78 is 0. The van der Waals surface area contributed by atoms with Crippen molar-refractivity contribution in [2.24, 2.45) is 0 Å². The number of rotatable bonds is 3. The van der Waals surface area contributed by atoms with Crippen molar-refractivity contribution in [1.29, 1.82) is 0 Å². The molecule has 88 valence electrons. The third-order valence-corrected chi connectivity index (χ3v) is 3.04. The maximum absolute atomic E-state index is 6.24. The highest BCUT2D eigenvalue weighted by molar-refractivity contribution is 6.33. The SMILES string of the molecule is Cc1cc(C)c(NCc2ccccc2)c(Cl)c1. The smallest absolute Gasteiger partial charge is 0.0642 e. The summed E-state index contributed by atoms with van der Waals surface area (Å²) in [7, 11) is 0. The van der Waals surface area contributed by atoms with Gasteiger partial charge in [0, 0.05) is 6.54 Å². The van der Waals surface area contributed by atoms with Crippen LogP contribution in [0, 0.1) is 13.8 Å². The average Bonchev–Trinajstić information content (AvgIpc) is 2.29. The first-order chi connectivity index (χ1) is 8.16. The molecule has 2 aromatic rings. The topological polar surface area (TPSA) is 12.0 Å². The number of benzene rings is 2. The molecule has 2 rings (SSSR count). The lowest BCUT2D eigenvalue weighted by molar-refractivity contribution is 1.14. The van der Waals surface area contributed by atoms with E-state index in [0.29, 0.717) is 0 Å². The van der Waals surface area contributed by atoms with Crippen molar-refractivity contribution < 1.29 is 0 Å². The summed E-state index contributed by atoms with van der Waals surface area (Å²) in [6, 6.07) is 14.4. The highest BCUT2D eigenvalue weighted by Gasteiger charge is 2.04. The molecule has 0 atom stereocenters. The molecule has 0 aromatic heterocycles. The summed E-state index contributed by atoms with van der Waals surface area (Å²) >= 11 is 6.24. The van der Waals surface area contributed by atoms with Crippen LogP contribution in [0.2, 0.25) is 5.02 Å². The third kappa shape index (κ3) is 3.01.